The molecule has 1 fully saturated rings. The van der Waals surface area contributed by atoms with E-state index in [4.69, 9.17) is 0 Å². The largest absolute Gasteiger partial charge is 0.352 e. The van der Waals surface area contributed by atoms with Crippen LogP contribution < -0.4 is 5.32 Å². The summed E-state index contributed by atoms with van der Waals surface area (Å²) in [6.07, 6.45) is 8.26. The highest BCUT2D eigenvalue weighted by Gasteiger charge is 2.19. The molecule has 0 bridgehead atoms. The maximum absolute atomic E-state index is 4.57. The van der Waals surface area contributed by atoms with Gasteiger partial charge >= 0.3 is 0 Å². The quantitative estimate of drug-likeness (QED) is 0.733. The van der Waals surface area contributed by atoms with Crippen LogP contribution in [0.1, 0.15) is 18.9 Å². The lowest BCUT2D eigenvalue weighted by Gasteiger charge is -2.29. The number of nitrogens with one attached hydrogen (secondary N) is 1. The normalized spacial score (nSPS) is 18.8. The molecule has 24 heavy (non-hydrogen) atoms. The Hall–Kier alpha value is -1.92. The maximum Gasteiger partial charge on any atom is 0.0770 e. The molecule has 4 rings (SSSR count). The van der Waals surface area contributed by atoms with Crippen LogP contribution in [0.3, 0.4) is 0 Å². The van der Waals surface area contributed by atoms with Crippen LogP contribution in [-0.4, -0.2) is 39.8 Å². The minimum atomic E-state index is 0.461. The number of anilines is 2. The Labute approximate surface area is 149 Å². The van der Waals surface area contributed by atoms with Crippen molar-refractivity contribution in [2.75, 3.05) is 25.5 Å². The Balaban J connectivity index is 1.59. The van der Waals surface area contributed by atoms with E-state index >= 15 is 0 Å². The van der Waals surface area contributed by atoms with Gasteiger partial charge in [-0.2, -0.15) is 5.10 Å². The van der Waals surface area contributed by atoms with Crippen LogP contribution in [0.4, 0.5) is 11.4 Å². The van der Waals surface area contributed by atoms with Gasteiger partial charge in [0.15, 0.2) is 0 Å². The summed E-state index contributed by atoms with van der Waals surface area (Å²) < 4.78 is 3.14. The van der Waals surface area contributed by atoms with Gasteiger partial charge in [-0.1, -0.05) is 15.9 Å². The summed E-state index contributed by atoms with van der Waals surface area (Å²) >= 11 is 3.54. The topological polar surface area (TPSA) is 46.0 Å². The maximum atomic E-state index is 4.57. The molecule has 1 aromatic carbocycles. The number of nitrogens with zero attached hydrogens (tertiary/aromatic N) is 4. The van der Waals surface area contributed by atoms with E-state index in [1.54, 1.807) is 0 Å². The number of fused-ring (bicyclic) bond motifs is 1. The fourth-order valence-corrected chi connectivity index (χ4v) is 3.70. The average molecular weight is 386 g/mol. The first-order valence-corrected chi connectivity index (χ1v) is 9.02. The van der Waals surface area contributed by atoms with Crippen molar-refractivity contribution in [1.82, 2.24) is 19.7 Å². The summed E-state index contributed by atoms with van der Waals surface area (Å²) in [6, 6.07) is 8.58. The molecule has 5 nitrogen and oxygen atoms in total. The highest BCUT2D eigenvalue weighted by molar-refractivity contribution is 9.10. The second-order valence-corrected chi connectivity index (χ2v) is 7.33. The van der Waals surface area contributed by atoms with Crippen molar-refractivity contribution < 1.29 is 0 Å². The molecule has 0 spiro atoms. The predicted octanol–water partition coefficient (Wildman–Crippen LogP) is 4.20. The summed E-state index contributed by atoms with van der Waals surface area (Å²) in [6.45, 7) is 2.24. The van der Waals surface area contributed by atoms with Gasteiger partial charge < -0.3 is 10.2 Å². The predicted molar refractivity (Wildman–Crippen MR) is 101 cm³/mol. The fraction of sp³-hybridized carbons (Fsp3) is 0.333. The van der Waals surface area contributed by atoms with Gasteiger partial charge in [0.05, 0.1) is 23.4 Å². The number of aromatic nitrogens is 3. The molecule has 1 saturated heterocycles. The van der Waals surface area contributed by atoms with Crippen molar-refractivity contribution in [2.24, 2.45) is 0 Å². The summed E-state index contributed by atoms with van der Waals surface area (Å²) in [5.41, 5.74) is 3.03. The van der Waals surface area contributed by atoms with E-state index in [2.05, 4.69) is 60.2 Å². The zero-order valence-corrected chi connectivity index (χ0v) is 15.2. The molecule has 3 aromatic rings. The van der Waals surface area contributed by atoms with E-state index in [1.165, 1.54) is 19.4 Å². The van der Waals surface area contributed by atoms with Crippen molar-refractivity contribution >= 4 is 38.2 Å². The minimum absolute atomic E-state index is 0.461. The first-order chi connectivity index (χ1) is 11.7. The third-order valence-electron chi connectivity index (χ3n) is 4.56. The molecule has 2 aromatic heterocycles. The third-order valence-corrected chi connectivity index (χ3v) is 5.05. The molecule has 1 N–H and O–H groups in total. The van der Waals surface area contributed by atoms with E-state index in [1.807, 2.05) is 30.6 Å². The fourth-order valence-electron chi connectivity index (χ4n) is 3.34. The lowest BCUT2D eigenvalue weighted by atomic mass is 10.1. The van der Waals surface area contributed by atoms with Crippen LogP contribution in [-0.2, 0) is 0 Å². The van der Waals surface area contributed by atoms with Crippen LogP contribution in [0, 0.1) is 0 Å². The van der Waals surface area contributed by atoms with Gasteiger partial charge in [0.1, 0.15) is 0 Å². The zero-order valence-electron chi connectivity index (χ0n) is 13.6. The number of benzene rings is 1. The Morgan fingerprint density at radius 3 is 3.08 bits per heavy atom. The molecule has 0 aliphatic carbocycles. The lowest BCUT2D eigenvalue weighted by molar-refractivity contribution is 0.202. The second kappa shape index (κ2) is 6.53. The molecular formula is C18H20BrN5. The Morgan fingerprint density at radius 2 is 2.21 bits per heavy atom. The van der Waals surface area contributed by atoms with E-state index in [9.17, 15) is 0 Å². The molecule has 6 heteroatoms. The number of likely N-dealkylation sites (N-methyl/N-ethyl adjacent to an activating group) is 1. The SMILES string of the molecule is CN1CCCC(n2cc(Nc3ccnc4ccc(Br)cc34)cn2)C1. The van der Waals surface area contributed by atoms with Gasteiger partial charge in [-0.25, -0.2) is 0 Å². The second-order valence-electron chi connectivity index (χ2n) is 6.41. The van der Waals surface area contributed by atoms with Crippen molar-refractivity contribution in [3.8, 4) is 0 Å². The number of likely N-dealkylation sites (tertiary alicyclic amines) is 1. The van der Waals surface area contributed by atoms with Crippen molar-refractivity contribution in [1.29, 1.82) is 0 Å². The molecule has 0 amide bonds. The average Bonchev–Trinajstić information content (AvgIpc) is 3.04. The lowest BCUT2D eigenvalue weighted by Crippen LogP contribution is -2.33. The van der Waals surface area contributed by atoms with Crippen molar-refractivity contribution in [3.05, 3.63) is 47.3 Å². The number of pyridine rings is 1. The van der Waals surface area contributed by atoms with Gasteiger partial charge in [-0.15, -0.1) is 0 Å². The molecule has 0 radical (unpaired) electrons. The van der Waals surface area contributed by atoms with Gasteiger partial charge in [-0.3, -0.25) is 9.67 Å². The number of rotatable bonds is 3. The summed E-state index contributed by atoms with van der Waals surface area (Å²) in [5.74, 6) is 0. The van der Waals surface area contributed by atoms with Gasteiger partial charge in [0, 0.05) is 34.5 Å². The van der Waals surface area contributed by atoms with Gasteiger partial charge in [0.2, 0.25) is 0 Å². The number of halogens is 1. The molecule has 0 saturated carbocycles. The highest BCUT2D eigenvalue weighted by Crippen LogP contribution is 2.28. The van der Waals surface area contributed by atoms with E-state index < -0.39 is 0 Å². The van der Waals surface area contributed by atoms with Crippen LogP contribution >= 0.6 is 15.9 Å². The van der Waals surface area contributed by atoms with Crippen LogP contribution in [0.2, 0.25) is 0 Å². The van der Waals surface area contributed by atoms with Crippen LogP contribution in [0.15, 0.2) is 47.3 Å². The first kappa shape index (κ1) is 15.6. The standard InChI is InChI=1S/C18H20BrN5/c1-23-8-2-3-15(12-23)24-11-14(10-21-24)22-18-6-7-20-17-5-4-13(19)9-16(17)18/h4-7,9-11,15H,2-3,8,12H2,1H3,(H,20,22). The van der Waals surface area contributed by atoms with E-state index in [0.717, 1.165) is 33.3 Å². The van der Waals surface area contributed by atoms with Crippen molar-refractivity contribution in [2.45, 2.75) is 18.9 Å². The molecule has 124 valence electrons. The number of piperidine rings is 1. The number of hydrogen-bond donors (Lipinski definition) is 1. The summed E-state index contributed by atoms with van der Waals surface area (Å²) in [7, 11) is 2.18. The Kier molecular flexibility index (Phi) is 4.24. The third kappa shape index (κ3) is 3.16. The smallest absolute Gasteiger partial charge is 0.0770 e. The Morgan fingerprint density at radius 1 is 1.29 bits per heavy atom. The monoisotopic (exact) mass is 385 g/mol. The van der Waals surface area contributed by atoms with Crippen LogP contribution in [0.25, 0.3) is 10.9 Å². The molecule has 3 heterocycles. The molecular weight excluding hydrogens is 366 g/mol. The molecule has 1 unspecified atom stereocenters. The molecule has 1 atom stereocenters. The minimum Gasteiger partial charge on any atom is -0.352 e. The molecule has 1 aliphatic heterocycles. The van der Waals surface area contributed by atoms with Crippen LogP contribution in [0.5, 0.6) is 0 Å². The van der Waals surface area contributed by atoms with E-state index in [-0.39, 0.29) is 0 Å². The van der Waals surface area contributed by atoms with Gasteiger partial charge in [0.25, 0.3) is 0 Å². The summed E-state index contributed by atoms with van der Waals surface area (Å²) in [5, 5.41) is 9.15. The summed E-state index contributed by atoms with van der Waals surface area (Å²) in [4.78, 5) is 6.80. The Bertz CT molecular complexity index is 859. The van der Waals surface area contributed by atoms with Crippen molar-refractivity contribution in [3.63, 3.8) is 0 Å². The molecule has 1 aliphatic rings. The van der Waals surface area contributed by atoms with Gasteiger partial charge in [-0.05, 0) is 50.7 Å². The zero-order chi connectivity index (χ0) is 16.5. The first-order valence-electron chi connectivity index (χ1n) is 8.23. The highest BCUT2D eigenvalue weighted by atomic mass is 79.9. The number of hydrogen-bond acceptors (Lipinski definition) is 4. The van der Waals surface area contributed by atoms with E-state index in [0.29, 0.717) is 6.04 Å².